The van der Waals surface area contributed by atoms with E-state index in [1.807, 2.05) is 35.9 Å². The number of non-ortho nitro benzene ring substituents is 1. The SMILES string of the molecule is COc1ccc(-c2nnc(Sc3ccc([N+](=O)[O-])cc3Cl)n2C)cc1. The van der Waals surface area contributed by atoms with Crippen molar-refractivity contribution < 1.29 is 9.66 Å². The van der Waals surface area contributed by atoms with Crippen molar-refractivity contribution in [3.05, 3.63) is 57.6 Å². The van der Waals surface area contributed by atoms with E-state index >= 15 is 0 Å². The lowest BCUT2D eigenvalue weighted by molar-refractivity contribution is -0.384. The van der Waals surface area contributed by atoms with Crippen molar-refractivity contribution in [1.82, 2.24) is 14.8 Å². The number of hydrogen-bond acceptors (Lipinski definition) is 6. The molecule has 3 rings (SSSR count). The molecule has 3 aromatic rings. The maximum Gasteiger partial charge on any atom is 0.270 e. The Morgan fingerprint density at radius 2 is 1.92 bits per heavy atom. The molecule has 2 aromatic carbocycles. The molecule has 0 N–H and O–H groups in total. The van der Waals surface area contributed by atoms with Crippen LogP contribution in [0, 0.1) is 10.1 Å². The Labute approximate surface area is 152 Å². The van der Waals surface area contributed by atoms with Gasteiger partial charge in [0.05, 0.1) is 17.1 Å². The Morgan fingerprint density at radius 3 is 2.52 bits per heavy atom. The van der Waals surface area contributed by atoms with Crippen LogP contribution >= 0.6 is 23.4 Å². The first-order chi connectivity index (χ1) is 12.0. The summed E-state index contributed by atoms with van der Waals surface area (Å²) < 4.78 is 6.99. The van der Waals surface area contributed by atoms with Gasteiger partial charge in [0, 0.05) is 29.6 Å². The van der Waals surface area contributed by atoms with E-state index in [0.717, 1.165) is 11.3 Å². The van der Waals surface area contributed by atoms with Gasteiger partial charge in [-0.1, -0.05) is 11.6 Å². The Hall–Kier alpha value is -2.58. The van der Waals surface area contributed by atoms with Crippen LogP contribution in [-0.2, 0) is 7.05 Å². The predicted octanol–water partition coefficient (Wildman–Crippen LogP) is 4.20. The fourth-order valence-electron chi connectivity index (χ4n) is 2.18. The van der Waals surface area contributed by atoms with E-state index < -0.39 is 4.92 Å². The zero-order valence-electron chi connectivity index (χ0n) is 13.3. The monoisotopic (exact) mass is 376 g/mol. The number of halogens is 1. The molecule has 0 spiro atoms. The first-order valence-corrected chi connectivity index (χ1v) is 8.34. The van der Waals surface area contributed by atoms with Gasteiger partial charge in [-0.25, -0.2) is 0 Å². The molecule has 0 amide bonds. The Kier molecular flexibility index (Phi) is 4.91. The van der Waals surface area contributed by atoms with Gasteiger partial charge < -0.3 is 9.30 Å². The molecule has 0 aliphatic rings. The van der Waals surface area contributed by atoms with Crippen molar-refractivity contribution in [1.29, 1.82) is 0 Å². The Morgan fingerprint density at radius 1 is 1.20 bits per heavy atom. The van der Waals surface area contributed by atoms with Gasteiger partial charge >= 0.3 is 0 Å². The van der Waals surface area contributed by atoms with E-state index in [1.54, 1.807) is 13.2 Å². The highest BCUT2D eigenvalue weighted by Gasteiger charge is 2.15. The van der Waals surface area contributed by atoms with E-state index in [4.69, 9.17) is 16.3 Å². The van der Waals surface area contributed by atoms with Crippen molar-refractivity contribution in [2.45, 2.75) is 10.1 Å². The summed E-state index contributed by atoms with van der Waals surface area (Å²) in [5.41, 5.74) is 0.851. The topological polar surface area (TPSA) is 83.1 Å². The number of methoxy groups -OCH3 is 1. The van der Waals surface area contributed by atoms with Crippen LogP contribution in [0.2, 0.25) is 5.02 Å². The second kappa shape index (κ2) is 7.12. The van der Waals surface area contributed by atoms with Crippen LogP contribution in [0.3, 0.4) is 0 Å². The van der Waals surface area contributed by atoms with Crippen molar-refractivity contribution in [3.8, 4) is 17.1 Å². The minimum absolute atomic E-state index is 0.0498. The molecule has 1 heterocycles. The molecule has 0 saturated carbocycles. The van der Waals surface area contributed by atoms with E-state index in [2.05, 4.69) is 10.2 Å². The van der Waals surface area contributed by atoms with Crippen LogP contribution in [0.5, 0.6) is 5.75 Å². The van der Waals surface area contributed by atoms with Crippen LogP contribution in [0.1, 0.15) is 0 Å². The van der Waals surface area contributed by atoms with Gasteiger partial charge in [-0.2, -0.15) is 0 Å². The average molecular weight is 377 g/mol. The first-order valence-electron chi connectivity index (χ1n) is 7.15. The van der Waals surface area contributed by atoms with Crippen LogP contribution < -0.4 is 4.74 Å². The van der Waals surface area contributed by atoms with Crippen LogP contribution in [0.4, 0.5) is 5.69 Å². The highest BCUT2D eigenvalue weighted by Crippen LogP contribution is 2.35. The van der Waals surface area contributed by atoms with E-state index in [-0.39, 0.29) is 5.69 Å². The zero-order chi connectivity index (χ0) is 18.0. The van der Waals surface area contributed by atoms with Crippen molar-refractivity contribution >= 4 is 29.1 Å². The number of aromatic nitrogens is 3. The number of nitro groups is 1. The molecule has 128 valence electrons. The average Bonchev–Trinajstić information content (AvgIpc) is 2.97. The van der Waals surface area contributed by atoms with Gasteiger partial charge in [-0.3, -0.25) is 10.1 Å². The third-order valence-corrected chi connectivity index (χ3v) is 5.05. The maximum absolute atomic E-state index is 10.8. The third kappa shape index (κ3) is 3.59. The quantitative estimate of drug-likeness (QED) is 0.490. The van der Waals surface area contributed by atoms with E-state index in [9.17, 15) is 10.1 Å². The number of rotatable bonds is 5. The van der Waals surface area contributed by atoms with Crippen LogP contribution in [-0.4, -0.2) is 26.8 Å². The highest BCUT2D eigenvalue weighted by atomic mass is 35.5. The Balaban J connectivity index is 1.87. The van der Waals surface area contributed by atoms with Gasteiger partial charge in [0.25, 0.3) is 5.69 Å². The first kappa shape index (κ1) is 17.2. The maximum atomic E-state index is 10.8. The number of hydrogen-bond donors (Lipinski definition) is 0. The van der Waals surface area contributed by atoms with Crippen LogP contribution in [0.15, 0.2) is 52.5 Å². The molecular weight excluding hydrogens is 364 g/mol. The lowest BCUT2D eigenvalue weighted by Crippen LogP contribution is -1.95. The molecule has 7 nitrogen and oxygen atoms in total. The minimum Gasteiger partial charge on any atom is -0.497 e. The Bertz CT molecular complexity index is 928. The molecule has 0 unspecified atom stereocenters. The molecule has 1 aromatic heterocycles. The second-order valence-corrected chi connectivity index (χ2v) is 6.48. The summed E-state index contributed by atoms with van der Waals surface area (Å²) in [6.45, 7) is 0. The standard InChI is InChI=1S/C16H13ClN4O3S/c1-20-15(10-3-6-12(24-2)7-4-10)18-19-16(20)25-14-8-5-11(21(22)23)9-13(14)17/h3-9H,1-2H3. The zero-order valence-corrected chi connectivity index (χ0v) is 14.9. The summed E-state index contributed by atoms with van der Waals surface area (Å²) in [5.74, 6) is 1.46. The van der Waals surface area contributed by atoms with Crippen LogP contribution in [0.25, 0.3) is 11.4 Å². The summed E-state index contributed by atoms with van der Waals surface area (Å²) in [6.07, 6.45) is 0. The molecule has 0 aliphatic carbocycles. The lowest BCUT2D eigenvalue weighted by Gasteiger charge is -2.06. The van der Waals surface area contributed by atoms with Crippen molar-refractivity contribution in [2.75, 3.05) is 7.11 Å². The fraction of sp³-hybridized carbons (Fsp3) is 0.125. The van der Waals surface area contributed by atoms with E-state index in [1.165, 1.54) is 23.9 Å². The molecule has 9 heteroatoms. The second-order valence-electron chi connectivity index (χ2n) is 5.07. The molecular formula is C16H13ClN4O3S. The van der Waals surface area contributed by atoms with E-state index in [0.29, 0.717) is 20.9 Å². The largest absolute Gasteiger partial charge is 0.497 e. The summed E-state index contributed by atoms with van der Waals surface area (Å²) in [6, 6.07) is 11.8. The summed E-state index contributed by atoms with van der Waals surface area (Å²) in [5, 5.41) is 20.1. The summed E-state index contributed by atoms with van der Waals surface area (Å²) >= 11 is 7.43. The van der Waals surface area contributed by atoms with Gasteiger partial charge in [0.15, 0.2) is 11.0 Å². The smallest absolute Gasteiger partial charge is 0.270 e. The predicted molar refractivity (Wildman–Crippen MR) is 95.2 cm³/mol. The molecule has 0 saturated heterocycles. The molecule has 25 heavy (non-hydrogen) atoms. The molecule has 0 bridgehead atoms. The van der Waals surface area contributed by atoms with Crippen molar-refractivity contribution in [2.24, 2.45) is 7.05 Å². The third-order valence-electron chi connectivity index (χ3n) is 3.51. The molecule has 0 aliphatic heterocycles. The van der Waals surface area contributed by atoms with Gasteiger partial charge in [0.2, 0.25) is 0 Å². The molecule has 0 fully saturated rings. The number of nitrogens with zero attached hydrogens (tertiary/aromatic N) is 4. The number of benzene rings is 2. The normalized spacial score (nSPS) is 10.7. The van der Waals surface area contributed by atoms with Gasteiger partial charge in [0.1, 0.15) is 5.75 Å². The van der Waals surface area contributed by atoms with Gasteiger partial charge in [-0.15, -0.1) is 10.2 Å². The number of ether oxygens (including phenoxy) is 1. The highest BCUT2D eigenvalue weighted by molar-refractivity contribution is 7.99. The minimum atomic E-state index is -0.482. The molecule has 0 radical (unpaired) electrons. The molecule has 0 atom stereocenters. The lowest BCUT2D eigenvalue weighted by atomic mass is 10.2. The van der Waals surface area contributed by atoms with Crippen molar-refractivity contribution in [3.63, 3.8) is 0 Å². The fourth-order valence-corrected chi connectivity index (χ4v) is 3.26. The summed E-state index contributed by atoms with van der Waals surface area (Å²) in [4.78, 5) is 11.0. The number of nitro benzene ring substituents is 1. The van der Waals surface area contributed by atoms with Gasteiger partial charge in [-0.05, 0) is 42.1 Å². The summed E-state index contributed by atoms with van der Waals surface area (Å²) in [7, 11) is 3.46.